The van der Waals surface area contributed by atoms with Gasteiger partial charge in [-0.3, -0.25) is 4.79 Å². The molecule has 2 rings (SSSR count). The van der Waals surface area contributed by atoms with Gasteiger partial charge in [-0.05, 0) is 31.9 Å². The Morgan fingerprint density at radius 1 is 1.58 bits per heavy atom. The van der Waals surface area contributed by atoms with Crippen molar-refractivity contribution in [3.63, 3.8) is 0 Å². The zero-order valence-corrected chi connectivity index (χ0v) is 11.7. The second-order valence-electron chi connectivity index (χ2n) is 5.44. The van der Waals surface area contributed by atoms with E-state index < -0.39 is 6.10 Å². The molecule has 1 unspecified atom stereocenters. The number of aromatic nitrogens is 1. The Bertz CT molecular complexity index is 458. The Labute approximate surface area is 113 Å². The van der Waals surface area contributed by atoms with Crippen LogP contribution in [0.1, 0.15) is 31.9 Å². The van der Waals surface area contributed by atoms with Gasteiger partial charge >= 0.3 is 0 Å². The summed E-state index contributed by atoms with van der Waals surface area (Å²) in [5, 5.41) is 12.2. The fraction of sp³-hybridized carbons (Fsp3) is 0.571. The molecule has 0 aromatic carbocycles. The smallest absolute Gasteiger partial charge is 0.227 e. The van der Waals surface area contributed by atoms with Gasteiger partial charge in [0.1, 0.15) is 5.82 Å². The maximum absolute atomic E-state index is 11.9. The van der Waals surface area contributed by atoms with Crippen LogP contribution < -0.4 is 10.2 Å². The lowest BCUT2D eigenvalue weighted by molar-refractivity contribution is -0.128. The number of amides is 1. The van der Waals surface area contributed by atoms with Crippen molar-refractivity contribution in [2.45, 2.75) is 26.4 Å². The molecule has 1 aromatic heterocycles. The van der Waals surface area contributed by atoms with E-state index in [0.717, 1.165) is 24.3 Å². The molecule has 2 N–H and O–H groups in total. The predicted molar refractivity (Wildman–Crippen MR) is 73.9 cm³/mol. The van der Waals surface area contributed by atoms with Crippen molar-refractivity contribution < 1.29 is 9.90 Å². The Morgan fingerprint density at radius 3 is 2.84 bits per heavy atom. The van der Waals surface area contributed by atoms with E-state index in [-0.39, 0.29) is 11.3 Å². The first-order chi connectivity index (χ1) is 8.96. The molecule has 0 spiro atoms. The van der Waals surface area contributed by atoms with Crippen molar-refractivity contribution in [1.29, 1.82) is 0 Å². The molecule has 2 heterocycles. The van der Waals surface area contributed by atoms with Gasteiger partial charge in [0.05, 0.1) is 11.5 Å². The van der Waals surface area contributed by atoms with Crippen molar-refractivity contribution in [1.82, 2.24) is 10.3 Å². The highest BCUT2D eigenvalue weighted by Crippen LogP contribution is 2.32. The molecule has 5 nitrogen and oxygen atoms in total. The number of aliphatic hydroxyl groups excluding tert-OH is 1. The van der Waals surface area contributed by atoms with Crippen LogP contribution in [0.4, 0.5) is 5.82 Å². The van der Waals surface area contributed by atoms with Gasteiger partial charge < -0.3 is 15.3 Å². The summed E-state index contributed by atoms with van der Waals surface area (Å²) in [6, 6.07) is 3.78. The van der Waals surface area contributed by atoms with Crippen LogP contribution in [0.15, 0.2) is 18.3 Å². The molecule has 2 atom stereocenters. The average Bonchev–Trinajstić information content (AvgIpc) is 2.82. The minimum Gasteiger partial charge on any atom is -0.389 e. The second kappa shape index (κ2) is 5.17. The van der Waals surface area contributed by atoms with Crippen LogP contribution in [0.3, 0.4) is 0 Å². The van der Waals surface area contributed by atoms with Gasteiger partial charge in [0.2, 0.25) is 5.91 Å². The fourth-order valence-corrected chi connectivity index (χ4v) is 2.48. The Morgan fingerprint density at radius 2 is 2.32 bits per heavy atom. The highest BCUT2D eigenvalue weighted by molar-refractivity contribution is 5.83. The van der Waals surface area contributed by atoms with Crippen LogP contribution in [0.25, 0.3) is 0 Å². The molecule has 5 heteroatoms. The lowest BCUT2D eigenvalue weighted by Gasteiger charge is -2.23. The van der Waals surface area contributed by atoms with Crippen LogP contribution in [0, 0.1) is 5.41 Å². The molecule has 0 bridgehead atoms. The molecule has 104 valence electrons. The van der Waals surface area contributed by atoms with Gasteiger partial charge in [-0.25, -0.2) is 4.98 Å². The Hall–Kier alpha value is -1.62. The molecular weight excluding hydrogens is 242 g/mol. The molecule has 0 radical (unpaired) electrons. The molecular formula is C14H21N3O2. The zero-order valence-electron chi connectivity index (χ0n) is 11.7. The minimum atomic E-state index is -0.503. The summed E-state index contributed by atoms with van der Waals surface area (Å²) in [6.45, 7) is 5.20. The topological polar surface area (TPSA) is 65.5 Å². The maximum atomic E-state index is 11.9. The Balaban J connectivity index is 2.10. The molecule has 1 saturated heterocycles. The molecule has 1 amide bonds. The summed E-state index contributed by atoms with van der Waals surface area (Å²) < 4.78 is 0. The van der Waals surface area contributed by atoms with Crippen molar-refractivity contribution >= 4 is 11.7 Å². The third-order valence-corrected chi connectivity index (χ3v) is 3.83. The molecule has 1 fully saturated rings. The summed E-state index contributed by atoms with van der Waals surface area (Å²) in [4.78, 5) is 18.3. The van der Waals surface area contributed by atoms with Crippen LogP contribution >= 0.6 is 0 Å². The average molecular weight is 263 g/mol. The number of anilines is 1. The van der Waals surface area contributed by atoms with Crippen molar-refractivity contribution in [2.24, 2.45) is 5.41 Å². The van der Waals surface area contributed by atoms with E-state index in [1.165, 1.54) is 0 Å². The fourth-order valence-electron chi connectivity index (χ4n) is 2.48. The molecule has 1 aliphatic heterocycles. The largest absolute Gasteiger partial charge is 0.389 e. The van der Waals surface area contributed by atoms with E-state index in [1.807, 2.05) is 19.1 Å². The number of nitrogens with zero attached hydrogens (tertiary/aromatic N) is 2. The summed E-state index contributed by atoms with van der Waals surface area (Å²) >= 11 is 0. The Kier molecular flexibility index (Phi) is 3.75. The lowest BCUT2D eigenvalue weighted by Crippen LogP contribution is -2.39. The number of hydrogen-bond donors (Lipinski definition) is 2. The van der Waals surface area contributed by atoms with Gasteiger partial charge in [-0.1, -0.05) is 6.07 Å². The van der Waals surface area contributed by atoms with Crippen LogP contribution in [-0.4, -0.2) is 36.1 Å². The molecule has 0 aliphatic carbocycles. The highest BCUT2D eigenvalue weighted by atomic mass is 16.3. The minimum absolute atomic E-state index is 0.0793. The molecule has 0 saturated carbocycles. The number of pyridine rings is 1. The second-order valence-corrected chi connectivity index (χ2v) is 5.44. The van der Waals surface area contributed by atoms with Crippen LogP contribution in [0.2, 0.25) is 0 Å². The van der Waals surface area contributed by atoms with Gasteiger partial charge in [0.15, 0.2) is 0 Å². The van der Waals surface area contributed by atoms with E-state index in [0.29, 0.717) is 6.54 Å². The number of nitrogens with one attached hydrogen (secondary N) is 1. The molecule has 1 aromatic rings. The number of hydrogen-bond acceptors (Lipinski definition) is 4. The summed E-state index contributed by atoms with van der Waals surface area (Å²) in [5.74, 6) is 0.938. The number of carbonyl (C=O) groups excluding carboxylic acids is 1. The normalized spacial score (nSPS) is 24.3. The van der Waals surface area contributed by atoms with Gasteiger partial charge in [0, 0.05) is 26.3 Å². The van der Waals surface area contributed by atoms with Crippen LogP contribution in [-0.2, 0) is 4.79 Å². The summed E-state index contributed by atoms with van der Waals surface area (Å²) in [7, 11) is 1.67. The quantitative estimate of drug-likeness (QED) is 0.857. The maximum Gasteiger partial charge on any atom is 0.227 e. The van der Waals surface area contributed by atoms with E-state index >= 15 is 0 Å². The first-order valence-corrected chi connectivity index (χ1v) is 6.57. The SMILES string of the molecule is CNC(=O)C1(C)CCN(c2ccc([C@@H](C)O)cn2)C1. The number of carbonyl (C=O) groups is 1. The van der Waals surface area contributed by atoms with Gasteiger partial charge in [-0.15, -0.1) is 0 Å². The predicted octanol–water partition coefficient (Wildman–Crippen LogP) is 1.10. The third-order valence-electron chi connectivity index (χ3n) is 3.83. The molecule has 1 aliphatic rings. The van der Waals surface area contributed by atoms with Gasteiger partial charge in [0.25, 0.3) is 0 Å². The van der Waals surface area contributed by atoms with Crippen molar-refractivity contribution in [3.8, 4) is 0 Å². The number of rotatable bonds is 3. The van der Waals surface area contributed by atoms with Crippen molar-refractivity contribution in [3.05, 3.63) is 23.9 Å². The van der Waals surface area contributed by atoms with Crippen LogP contribution in [0.5, 0.6) is 0 Å². The molecule has 19 heavy (non-hydrogen) atoms. The van der Waals surface area contributed by atoms with Crippen molar-refractivity contribution in [2.75, 3.05) is 25.0 Å². The standard InChI is InChI=1S/C14H21N3O2/c1-10(18)11-4-5-12(16-8-11)17-7-6-14(2,9-17)13(19)15-3/h4-5,8,10,18H,6-7,9H2,1-3H3,(H,15,19)/t10-,14?/m1/s1. The zero-order chi connectivity index (χ0) is 14.0. The van der Waals surface area contributed by atoms with Gasteiger partial charge in [-0.2, -0.15) is 0 Å². The van der Waals surface area contributed by atoms with E-state index in [1.54, 1.807) is 20.2 Å². The number of aliphatic hydroxyl groups is 1. The van der Waals surface area contributed by atoms with E-state index in [4.69, 9.17) is 0 Å². The third kappa shape index (κ3) is 2.71. The van der Waals surface area contributed by atoms with E-state index in [9.17, 15) is 9.90 Å². The van der Waals surface area contributed by atoms with E-state index in [2.05, 4.69) is 15.2 Å². The monoisotopic (exact) mass is 263 g/mol. The first-order valence-electron chi connectivity index (χ1n) is 6.57. The lowest BCUT2D eigenvalue weighted by atomic mass is 9.89. The summed E-state index contributed by atoms with van der Waals surface area (Å²) in [5.41, 5.74) is 0.455. The highest BCUT2D eigenvalue weighted by Gasteiger charge is 2.40. The summed E-state index contributed by atoms with van der Waals surface area (Å²) in [6.07, 6.45) is 2.01. The first kappa shape index (κ1) is 13.8.